The molecular formula is C29H27N5O3. The van der Waals surface area contributed by atoms with Gasteiger partial charge in [0, 0.05) is 41.9 Å². The van der Waals surface area contributed by atoms with Crippen LogP contribution in [0.4, 0.5) is 11.6 Å². The first-order chi connectivity index (χ1) is 17.8. The van der Waals surface area contributed by atoms with Crippen LogP contribution in [0.15, 0.2) is 66.9 Å². The Morgan fingerprint density at radius 1 is 1.05 bits per heavy atom. The van der Waals surface area contributed by atoms with E-state index < -0.39 is 5.60 Å². The van der Waals surface area contributed by atoms with Gasteiger partial charge in [0.1, 0.15) is 17.4 Å². The molecule has 1 aliphatic heterocycles. The fraction of sp³-hybridized carbons (Fsp3) is 0.241. The zero-order valence-electron chi connectivity index (χ0n) is 21.0. The number of hydrogen-bond acceptors (Lipinski definition) is 7. The Bertz CT molecular complexity index is 1500. The Hall–Kier alpha value is -4.48. The molecule has 3 heterocycles. The number of piperazine rings is 1. The second-order valence-corrected chi connectivity index (χ2v) is 9.50. The van der Waals surface area contributed by atoms with Crippen LogP contribution in [0.2, 0.25) is 0 Å². The van der Waals surface area contributed by atoms with Crippen molar-refractivity contribution in [3.63, 3.8) is 0 Å². The fourth-order valence-corrected chi connectivity index (χ4v) is 4.52. The number of hydrogen-bond donors (Lipinski definition) is 1. The van der Waals surface area contributed by atoms with Crippen LogP contribution in [-0.4, -0.2) is 47.7 Å². The lowest BCUT2D eigenvalue weighted by molar-refractivity contribution is -0.118. The summed E-state index contributed by atoms with van der Waals surface area (Å²) in [7, 11) is 1.61. The minimum atomic E-state index is -0.975. The van der Waals surface area contributed by atoms with Gasteiger partial charge in [0.15, 0.2) is 0 Å². The molecule has 8 heteroatoms. The van der Waals surface area contributed by atoms with Crippen molar-refractivity contribution in [2.75, 3.05) is 36.5 Å². The molecule has 0 radical (unpaired) electrons. The van der Waals surface area contributed by atoms with Crippen molar-refractivity contribution in [1.82, 2.24) is 9.97 Å². The summed E-state index contributed by atoms with van der Waals surface area (Å²) in [5.74, 6) is 1.76. The number of methoxy groups -OCH3 is 1. The van der Waals surface area contributed by atoms with Crippen molar-refractivity contribution in [1.29, 1.82) is 5.26 Å². The first-order valence-electron chi connectivity index (χ1n) is 12.0. The van der Waals surface area contributed by atoms with E-state index in [0.29, 0.717) is 41.6 Å². The maximum absolute atomic E-state index is 13.3. The van der Waals surface area contributed by atoms with Crippen LogP contribution < -0.4 is 14.5 Å². The van der Waals surface area contributed by atoms with Crippen molar-refractivity contribution in [3.05, 3.63) is 78.0 Å². The van der Waals surface area contributed by atoms with Crippen LogP contribution in [0.25, 0.3) is 22.0 Å². The third kappa shape index (κ3) is 4.69. The number of pyridine rings is 2. The molecule has 0 aliphatic carbocycles. The Balaban J connectivity index is 1.46. The number of anilines is 2. The molecule has 1 saturated heterocycles. The second kappa shape index (κ2) is 9.52. The molecule has 1 fully saturated rings. The zero-order chi connectivity index (χ0) is 26.2. The van der Waals surface area contributed by atoms with Gasteiger partial charge in [-0.2, -0.15) is 5.26 Å². The van der Waals surface area contributed by atoms with E-state index in [-0.39, 0.29) is 12.5 Å². The molecule has 4 aromatic rings. The summed E-state index contributed by atoms with van der Waals surface area (Å²) in [4.78, 5) is 26.3. The van der Waals surface area contributed by atoms with Gasteiger partial charge < -0.3 is 14.7 Å². The number of aliphatic hydroxyl groups is 1. The number of nitrogens with zero attached hydrogens (tertiary/aromatic N) is 5. The molecule has 0 spiro atoms. The van der Waals surface area contributed by atoms with Gasteiger partial charge in [0.25, 0.3) is 0 Å². The quantitative estimate of drug-likeness (QED) is 0.443. The SMILES string of the molecule is COc1cc(N2CCN(c3ccc(C(C)(C)O)cn3)CC2=O)nc2c(-c3ccc(C#N)cc3)cccc12. The Morgan fingerprint density at radius 2 is 1.84 bits per heavy atom. The van der Waals surface area contributed by atoms with Crippen molar-refractivity contribution >= 4 is 28.4 Å². The van der Waals surface area contributed by atoms with Gasteiger partial charge in [-0.05, 0) is 43.7 Å². The monoisotopic (exact) mass is 493 g/mol. The summed E-state index contributed by atoms with van der Waals surface area (Å²) < 4.78 is 5.69. The topological polar surface area (TPSA) is 103 Å². The maximum Gasteiger partial charge on any atom is 0.247 e. The van der Waals surface area contributed by atoms with Crippen LogP contribution in [0.1, 0.15) is 25.0 Å². The first-order valence-corrected chi connectivity index (χ1v) is 12.0. The number of para-hydroxylation sites is 1. The van der Waals surface area contributed by atoms with Gasteiger partial charge in [-0.15, -0.1) is 0 Å². The number of carbonyl (C=O) groups excluding carboxylic acids is 1. The third-order valence-corrected chi connectivity index (χ3v) is 6.61. The van der Waals surface area contributed by atoms with E-state index in [2.05, 4.69) is 11.1 Å². The molecule has 5 rings (SSSR count). The lowest BCUT2D eigenvalue weighted by Crippen LogP contribution is -2.51. The number of rotatable bonds is 5. The lowest BCUT2D eigenvalue weighted by atomic mass is 10.0. The highest BCUT2D eigenvalue weighted by molar-refractivity contribution is 6.02. The molecule has 2 aromatic carbocycles. The van der Waals surface area contributed by atoms with Gasteiger partial charge in [0.2, 0.25) is 5.91 Å². The number of carbonyl (C=O) groups is 1. The average molecular weight is 494 g/mol. The standard InChI is InChI=1S/C29H27N5O3/c1-29(2,36)21-11-12-25(31-17-21)33-13-14-34(27(35)18-33)26-15-24(37-3)23-6-4-5-22(28(23)32-26)20-9-7-19(16-30)8-10-20/h4-12,15,17,36H,13-14,18H2,1-3H3. The van der Waals surface area contributed by atoms with Crippen LogP contribution >= 0.6 is 0 Å². The molecule has 1 aliphatic rings. The van der Waals surface area contributed by atoms with E-state index in [1.165, 1.54) is 0 Å². The number of ether oxygens (including phenoxy) is 1. The Morgan fingerprint density at radius 3 is 2.46 bits per heavy atom. The molecule has 186 valence electrons. The minimum Gasteiger partial charge on any atom is -0.496 e. The highest BCUT2D eigenvalue weighted by Crippen LogP contribution is 2.35. The largest absolute Gasteiger partial charge is 0.496 e. The minimum absolute atomic E-state index is 0.0932. The van der Waals surface area contributed by atoms with Crippen LogP contribution in [0, 0.1) is 11.3 Å². The Labute approximate surface area is 215 Å². The molecular weight excluding hydrogens is 466 g/mol. The molecule has 37 heavy (non-hydrogen) atoms. The van der Waals surface area contributed by atoms with E-state index >= 15 is 0 Å². The summed E-state index contributed by atoms with van der Waals surface area (Å²) in [5.41, 5.74) is 2.87. The maximum atomic E-state index is 13.3. The highest BCUT2D eigenvalue weighted by atomic mass is 16.5. The van der Waals surface area contributed by atoms with E-state index in [4.69, 9.17) is 15.0 Å². The molecule has 0 bridgehead atoms. The number of fused-ring (bicyclic) bond motifs is 1. The molecule has 0 saturated carbocycles. The van der Waals surface area contributed by atoms with Gasteiger partial charge in [-0.1, -0.05) is 30.3 Å². The van der Waals surface area contributed by atoms with Gasteiger partial charge in [0.05, 0.1) is 36.4 Å². The predicted octanol–water partition coefficient (Wildman–Crippen LogP) is 4.26. The highest BCUT2D eigenvalue weighted by Gasteiger charge is 2.28. The molecule has 0 unspecified atom stereocenters. The predicted molar refractivity (Wildman–Crippen MR) is 142 cm³/mol. The van der Waals surface area contributed by atoms with E-state index in [1.807, 2.05) is 47.4 Å². The lowest BCUT2D eigenvalue weighted by Gasteiger charge is -2.34. The molecule has 8 nitrogen and oxygen atoms in total. The fourth-order valence-electron chi connectivity index (χ4n) is 4.52. The molecule has 0 atom stereocenters. The number of aromatic nitrogens is 2. The smallest absolute Gasteiger partial charge is 0.247 e. The summed E-state index contributed by atoms with van der Waals surface area (Å²) in [6, 6.07) is 20.8. The summed E-state index contributed by atoms with van der Waals surface area (Å²) in [6.45, 7) is 4.61. The van der Waals surface area contributed by atoms with Crippen molar-refractivity contribution in [2.24, 2.45) is 0 Å². The van der Waals surface area contributed by atoms with Crippen LogP contribution in [0.5, 0.6) is 5.75 Å². The summed E-state index contributed by atoms with van der Waals surface area (Å²) in [5, 5.41) is 20.2. The Kier molecular flexibility index (Phi) is 6.24. The summed E-state index contributed by atoms with van der Waals surface area (Å²) >= 11 is 0. The van der Waals surface area contributed by atoms with E-state index in [1.54, 1.807) is 50.3 Å². The second-order valence-electron chi connectivity index (χ2n) is 9.50. The molecule has 1 amide bonds. The number of nitriles is 1. The van der Waals surface area contributed by atoms with Crippen LogP contribution in [0.3, 0.4) is 0 Å². The van der Waals surface area contributed by atoms with Crippen molar-refractivity contribution < 1.29 is 14.6 Å². The van der Waals surface area contributed by atoms with Crippen molar-refractivity contribution in [2.45, 2.75) is 19.4 Å². The third-order valence-electron chi connectivity index (χ3n) is 6.61. The average Bonchev–Trinajstić information content (AvgIpc) is 2.91. The number of benzene rings is 2. The van der Waals surface area contributed by atoms with Crippen molar-refractivity contribution in [3.8, 4) is 22.9 Å². The summed E-state index contributed by atoms with van der Waals surface area (Å²) in [6.07, 6.45) is 1.65. The normalized spacial score (nSPS) is 14.1. The molecule has 1 N–H and O–H groups in total. The van der Waals surface area contributed by atoms with Gasteiger partial charge in [-0.3, -0.25) is 9.69 Å². The zero-order valence-corrected chi connectivity index (χ0v) is 21.0. The van der Waals surface area contributed by atoms with Gasteiger partial charge >= 0.3 is 0 Å². The molecule has 2 aromatic heterocycles. The van der Waals surface area contributed by atoms with Gasteiger partial charge in [-0.25, -0.2) is 9.97 Å². The first kappa shape index (κ1) is 24.2. The van der Waals surface area contributed by atoms with E-state index in [9.17, 15) is 9.90 Å². The van der Waals surface area contributed by atoms with Crippen LogP contribution in [-0.2, 0) is 10.4 Å². The van der Waals surface area contributed by atoms with E-state index in [0.717, 1.165) is 22.0 Å². The number of amides is 1.